The van der Waals surface area contributed by atoms with Crippen molar-refractivity contribution in [2.24, 2.45) is 0 Å². The number of furan rings is 1. The van der Waals surface area contributed by atoms with Crippen LogP contribution in [0.1, 0.15) is 23.2 Å². The summed E-state index contributed by atoms with van der Waals surface area (Å²) in [5.41, 5.74) is 1.12. The first-order chi connectivity index (χ1) is 8.11. The summed E-state index contributed by atoms with van der Waals surface area (Å²) in [4.78, 5) is 13.4. The summed E-state index contributed by atoms with van der Waals surface area (Å²) in [5, 5.41) is 6.80. The highest BCUT2D eigenvalue weighted by molar-refractivity contribution is 5.93. The number of aryl methyl sites for hydroxylation is 1. The van der Waals surface area contributed by atoms with Crippen LogP contribution in [0.15, 0.2) is 22.6 Å². The first kappa shape index (κ1) is 14.3. The molecule has 0 radical (unpaired) electrons. The Kier molecular flexibility index (Phi) is 4.55. The van der Waals surface area contributed by atoms with E-state index < -0.39 is 0 Å². The van der Waals surface area contributed by atoms with Gasteiger partial charge in [0.2, 0.25) is 0 Å². The Morgan fingerprint density at radius 2 is 2.22 bits per heavy atom. The van der Waals surface area contributed by atoms with Crippen LogP contribution in [0.3, 0.4) is 0 Å². The first-order valence-corrected chi connectivity index (χ1v) is 5.49. The van der Waals surface area contributed by atoms with Crippen molar-refractivity contribution in [3.05, 3.63) is 29.7 Å². The lowest BCUT2D eigenvalue weighted by Gasteiger charge is -2.11. The van der Waals surface area contributed by atoms with Crippen LogP contribution in [0.2, 0.25) is 0 Å². The molecule has 1 N–H and O–H groups in total. The average molecular weight is 270 g/mol. The van der Waals surface area contributed by atoms with Gasteiger partial charge in [-0.25, -0.2) is 0 Å². The molecule has 0 fully saturated rings. The molecule has 6 heteroatoms. The lowest BCUT2D eigenvalue weighted by Crippen LogP contribution is -2.26. The summed E-state index contributed by atoms with van der Waals surface area (Å²) in [6, 6.07) is 5.42. The summed E-state index contributed by atoms with van der Waals surface area (Å²) < 4.78 is 5.45. The van der Waals surface area contributed by atoms with Crippen molar-refractivity contribution in [3.8, 4) is 11.5 Å². The SMILES string of the molecule is CCN(C)C(=O)c1cc(-c2ccc(C)o2)[nH]n1.Cl. The molecule has 98 valence electrons. The molecule has 0 aliphatic carbocycles. The van der Waals surface area contributed by atoms with Crippen LogP contribution in [0.5, 0.6) is 0 Å². The van der Waals surface area contributed by atoms with Gasteiger partial charge in [-0.05, 0) is 26.0 Å². The Morgan fingerprint density at radius 3 is 2.78 bits per heavy atom. The number of H-pyrrole nitrogens is 1. The maximum Gasteiger partial charge on any atom is 0.274 e. The van der Waals surface area contributed by atoms with Crippen molar-refractivity contribution < 1.29 is 9.21 Å². The zero-order chi connectivity index (χ0) is 12.4. The standard InChI is InChI=1S/C12H15N3O2.ClH/c1-4-15(3)12(16)10-7-9(13-14-10)11-6-5-8(2)17-11;/h5-7H,4H2,1-3H3,(H,13,14);1H. The van der Waals surface area contributed by atoms with Crippen molar-refractivity contribution in [3.63, 3.8) is 0 Å². The van der Waals surface area contributed by atoms with Gasteiger partial charge in [-0.15, -0.1) is 12.4 Å². The molecule has 0 aliphatic heterocycles. The van der Waals surface area contributed by atoms with Crippen molar-refractivity contribution in [1.82, 2.24) is 15.1 Å². The van der Waals surface area contributed by atoms with Crippen LogP contribution in [-0.2, 0) is 0 Å². The van der Waals surface area contributed by atoms with Gasteiger partial charge < -0.3 is 9.32 Å². The molecule has 1 amide bonds. The van der Waals surface area contributed by atoms with Crippen molar-refractivity contribution in [2.45, 2.75) is 13.8 Å². The number of nitrogens with one attached hydrogen (secondary N) is 1. The van der Waals surface area contributed by atoms with E-state index in [1.807, 2.05) is 26.0 Å². The fraction of sp³-hybridized carbons (Fsp3) is 0.333. The van der Waals surface area contributed by atoms with Gasteiger partial charge in [-0.2, -0.15) is 5.10 Å². The zero-order valence-electron chi connectivity index (χ0n) is 10.6. The van der Waals surface area contributed by atoms with Gasteiger partial charge in [-0.1, -0.05) is 0 Å². The molecule has 0 saturated heterocycles. The molecule has 0 unspecified atom stereocenters. The van der Waals surface area contributed by atoms with Gasteiger partial charge in [0, 0.05) is 19.7 Å². The molecule has 0 atom stereocenters. The summed E-state index contributed by atoms with van der Waals surface area (Å²) >= 11 is 0. The number of halogens is 1. The van der Waals surface area contributed by atoms with E-state index in [-0.39, 0.29) is 18.3 Å². The number of carbonyl (C=O) groups is 1. The molecular formula is C12H16ClN3O2. The van der Waals surface area contributed by atoms with Gasteiger partial charge in [-0.3, -0.25) is 9.89 Å². The van der Waals surface area contributed by atoms with Crippen LogP contribution in [0, 0.1) is 6.92 Å². The van der Waals surface area contributed by atoms with Crippen LogP contribution < -0.4 is 0 Å². The van der Waals surface area contributed by atoms with E-state index in [1.54, 1.807) is 18.0 Å². The Morgan fingerprint density at radius 1 is 1.50 bits per heavy atom. The second-order valence-corrected chi connectivity index (χ2v) is 3.90. The normalized spacial score (nSPS) is 9.94. The lowest BCUT2D eigenvalue weighted by atomic mass is 10.3. The third-order valence-corrected chi connectivity index (χ3v) is 2.62. The predicted octanol–water partition coefficient (Wildman–Crippen LogP) is 2.49. The molecule has 0 aliphatic rings. The van der Waals surface area contributed by atoms with Gasteiger partial charge >= 0.3 is 0 Å². The molecule has 5 nitrogen and oxygen atoms in total. The van der Waals surface area contributed by atoms with Crippen LogP contribution in [0.4, 0.5) is 0 Å². The maximum atomic E-state index is 11.8. The quantitative estimate of drug-likeness (QED) is 0.931. The number of amides is 1. The molecule has 2 aromatic rings. The number of hydrogen-bond acceptors (Lipinski definition) is 3. The Bertz CT molecular complexity index is 533. The first-order valence-electron chi connectivity index (χ1n) is 5.49. The number of nitrogens with zero attached hydrogens (tertiary/aromatic N) is 2. The lowest BCUT2D eigenvalue weighted by molar-refractivity contribution is 0.0796. The number of aromatic nitrogens is 2. The van der Waals surface area contributed by atoms with E-state index in [4.69, 9.17) is 4.42 Å². The van der Waals surface area contributed by atoms with Crippen LogP contribution >= 0.6 is 12.4 Å². The smallest absolute Gasteiger partial charge is 0.274 e. The fourth-order valence-corrected chi connectivity index (χ4v) is 1.48. The monoisotopic (exact) mass is 269 g/mol. The number of hydrogen-bond donors (Lipinski definition) is 1. The third-order valence-electron chi connectivity index (χ3n) is 2.62. The highest BCUT2D eigenvalue weighted by Crippen LogP contribution is 2.20. The van der Waals surface area contributed by atoms with E-state index in [2.05, 4.69) is 10.2 Å². The van der Waals surface area contributed by atoms with E-state index in [0.717, 1.165) is 5.76 Å². The Hall–Kier alpha value is -1.75. The van der Waals surface area contributed by atoms with Crippen LogP contribution in [0.25, 0.3) is 11.5 Å². The number of aromatic amines is 1. The number of rotatable bonds is 3. The topological polar surface area (TPSA) is 62.1 Å². The molecule has 2 rings (SSSR count). The predicted molar refractivity (Wildman–Crippen MR) is 70.9 cm³/mol. The highest BCUT2D eigenvalue weighted by atomic mass is 35.5. The average Bonchev–Trinajstić information content (AvgIpc) is 2.95. The van der Waals surface area contributed by atoms with Gasteiger partial charge in [0.15, 0.2) is 11.5 Å². The second-order valence-electron chi connectivity index (χ2n) is 3.90. The van der Waals surface area contributed by atoms with Gasteiger partial charge in [0.05, 0.1) is 0 Å². The third kappa shape index (κ3) is 2.73. The number of carbonyl (C=O) groups excluding carboxylic acids is 1. The molecule has 0 spiro atoms. The minimum atomic E-state index is -0.0988. The minimum absolute atomic E-state index is 0. The van der Waals surface area contributed by atoms with Crippen LogP contribution in [-0.4, -0.2) is 34.6 Å². The van der Waals surface area contributed by atoms with E-state index >= 15 is 0 Å². The fourth-order valence-electron chi connectivity index (χ4n) is 1.48. The van der Waals surface area contributed by atoms with E-state index in [0.29, 0.717) is 23.7 Å². The minimum Gasteiger partial charge on any atom is -0.460 e. The zero-order valence-corrected chi connectivity index (χ0v) is 11.4. The Labute approximate surface area is 112 Å². The maximum absolute atomic E-state index is 11.8. The molecule has 0 saturated carbocycles. The molecule has 0 aromatic carbocycles. The summed E-state index contributed by atoms with van der Waals surface area (Å²) in [6.07, 6.45) is 0. The molecule has 0 bridgehead atoms. The summed E-state index contributed by atoms with van der Waals surface area (Å²) in [6.45, 7) is 4.44. The van der Waals surface area contributed by atoms with E-state index in [1.165, 1.54) is 0 Å². The highest BCUT2D eigenvalue weighted by Gasteiger charge is 2.15. The second kappa shape index (κ2) is 5.73. The summed E-state index contributed by atoms with van der Waals surface area (Å²) in [5.74, 6) is 1.42. The molecule has 2 heterocycles. The van der Waals surface area contributed by atoms with Gasteiger partial charge in [0.1, 0.15) is 11.5 Å². The molecule has 18 heavy (non-hydrogen) atoms. The van der Waals surface area contributed by atoms with Crippen molar-refractivity contribution in [2.75, 3.05) is 13.6 Å². The summed E-state index contributed by atoms with van der Waals surface area (Å²) in [7, 11) is 1.74. The van der Waals surface area contributed by atoms with Gasteiger partial charge in [0.25, 0.3) is 5.91 Å². The largest absolute Gasteiger partial charge is 0.460 e. The Balaban J connectivity index is 0.00000162. The molecule has 2 aromatic heterocycles. The molecular weight excluding hydrogens is 254 g/mol. The van der Waals surface area contributed by atoms with Crippen molar-refractivity contribution >= 4 is 18.3 Å². The van der Waals surface area contributed by atoms with Crippen molar-refractivity contribution in [1.29, 1.82) is 0 Å². The van der Waals surface area contributed by atoms with E-state index in [9.17, 15) is 4.79 Å².